The molecule has 114 valence electrons. The quantitative estimate of drug-likeness (QED) is 0.624. The fraction of sp³-hybridized carbons (Fsp3) is 0.167. The molecule has 0 aliphatic carbocycles. The summed E-state index contributed by atoms with van der Waals surface area (Å²) >= 11 is 0. The minimum atomic E-state index is 0.727. The third-order valence-corrected chi connectivity index (χ3v) is 4.01. The van der Waals surface area contributed by atoms with Crippen LogP contribution in [-0.2, 0) is 6.42 Å². The van der Waals surface area contributed by atoms with Crippen molar-refractivity contribution in [3.8, 4) is 0 Å². The topological polar surface area (TPSA) is 55.1 Å². The minimum Gasteiger partial charge on any atom is -0.337 e. The van der Waals surface area contributed by atoms with Crippen molar-refractivity contribution in [3.63, 3.8) is 0 Å². The Labute approximate surface area is 134 Å². The zero-order valence-electron chi connectivity index (χ0n) is 13.1. The van der Waals surface area contributed by atoms with Crippen LogP contribution < -0.4 is 5.32 Å². The molecule has 4 rings (SSSR count). The number of anilines is 2. The Morgan fingerprint density at radius 2 is 1.78 bits per heavy atom. The molecule has 1 N–H and O–H groups in total. The van der Waals surface area contributed by atoms with Crippen LogP contribution in [0.4, 0.5) is 11.5 Å². The van der Waals surface area contributed by atoms with E-state index in [9.17, 15) is 0 Å². The average molecular weight is 303 g/mol. The van der Waals surface area contributed by atoms with E-state index in [0.29, 0.717) is 0 Å². The van der Waals surface area contributed by atoms with Crippen molar-refractivity contribution in [2.45, 2.75) is 20.3 Å². The zero-order chi connectivity index (χ0) is 15.8. The third-order valence-electron chi connectivity index (χ3n) is 4.01. The lowest BCUT2D eigenvalue weighted by molar-refractivity contribution is 0.922. The largest absolute Gasteiger partial charge is 0.337 e. The van der Waals surface area contributed by atoms with E-state index in [1.165, 1.54) is 0 Å². The molecule has 0 radical (unpaired) electrons. The summed E-state index contributed by atoms with van der Waals surface area (Å²) in [6.07, 6.45) is 0.818. The molecule has 0 amide bonds. The Morgan fingerprint density at radius 1 is 1.00 bits per heavy atom. The fourth-order valence-corrected chi connectivity index (χ4v) is 2.79. The van der Waals surface area contributed by atoms with Gasteiger partial charge in [-0.15, -0.1) is 10.2 Å². The summed E-state index contributed by atoms with van der Waals surface area (Å²) in [6.45, 7) is 4.15. The number of para-hydroxylation sites is 3. The van der Waals surface area contributed by atoms with Gasteiger partial charge in [0.05, 0.1) is 11.0 Å². The monoisotopic (exact) mass is 303 g/mol. The first-order valence-electron chi connectivity index (χ1n) is 7.73. The van der Waals surface area contributed by atoms with Crippen LogP contribution in [0.5, 0.6) is 0 Å². The summed E-state index contributed by atoms with van der Waals surface area (Å²) in [6, 6.07) is 16.2. The number of hydrogen-bond donors (Lipinski definition) is 1. The van der Waals surface area contributed by atoms with Crippen LogP contribution in [0, 0.1) is 6.92 Å². The zero-order valence-corrected chi connectivity index (χ0v) is 13.1. The van der Waals surface area contributed by atoms with Crippen LogP contribution in [0.1, 0.15) is 18.3 Å². The van der Waals surface area contributed by atoms with E-state index in [4.69, 9.17) is 4.98 Å². The summed E-state index contributed by atoms with van der Waals surface area (Å²) in [7, 11) is 0. The maximum Gasteiger partial charge on any atom is 0.204 e. The van der Waals surface area contributed by atoms with E-state index in [1.807, 2.05) is 36.4 Å². The normalized spacial score (nSPS) is 11.2. The van der Waals surface area contributed by atoms with Crippen molar-refractivity contribution in [3.05, 3.63) is 59.9 Å². The highest BCUT2D eigenvalue weighted by Crippen LogP contribution is 2.25. The molecule has 0 bridgehead atoms. The van der Waals surface area contributed by atoms with E-state index in [2.05, 4.69) is 45.9 Å². The molecule has 0 saturated heterocycles. The Kier molecular flexibility index (Phi) is 3.19. The van der Waals surface area contributed by atoms with Gasteiger partial charge in [-0.05, 0) is 30.7 Å². The van der Waals surface area contributed by atoms with Gasteiger partial charge >= 0.3 is 0 Å². The molecule has 4 aromatic rings. The molecule has 0 spiro atoms. The standard InChI is InChI=1S/C18H17N5/c1-3-16-21-22-18-17(19-13-9-5-4-8-12(13)2)20-14-10-6-7-11-15(14)23(16)18/h4-11H,3H2,1-2H3,(H,19,20). The van der Waals surface area contributed by atoms with Crippen molar-refractivity contribution >= 4 is 28.2 Å². The Hall–Kier alpha value is -2.95. The molecule has 2 aromatic heterocycles. The van der Waals surface area contributed by atoms with Gasteiger partial charge in [0.15, 0.2) is 5.82 Å². The lowest BCUT2D eigenvalue weighted by atomic mass is 10.2. The predicted molar refractivity (Wildman–Crippen MR) is 92.1 cm³/mol. The first kappa shape index (κ1) is 13.7. The van der Waals surface area contributed by atoms with Gasteiger partial charge in [0, 0.05) is 12.1 Å². The molecular weight excluding hydrogens is 286 g/mol. The van der Waals surface area contributed by atoms with Gasteiger partial charge in [0.25, 0.3) is 0 Å². The van der Waals surface area contributed by atoms with Crippen molar-refractivity contribution in [2.75, 3.05) is 5.32 Å². The second-order valence-electron chi connectivity index (χ2n) is 5.52. The number of aryl methyl sites for hydroxylation is 2. The molecule has 0 fully saturated rings. The molecule has 5 heteroatoms. The average Bonchev–Trinajstić information content (AvgIpc) is 3.02. The summed E-state index contributed by atoms with van der Waals surface area (Å²) in [5.74, 6) is 1.66. The second kappa shape index (κ2) is 5.35. The number of nitrogens with zero attached hydrogens (tertiary/aromatic N) is 4. The van der Waals surface area contributed by atoms with Gasteiger partial charge in [-0.2, -0.15) is 0 Å². The van der Waals surface area contributed by atoms with Gasteiger partial charge < -0.3 is 5.32 Å². The number of fused-ring (bicyclic) bond motifs is 3. The number of nitrogens with one attached hydrogen (secondary N) is 1. The molecule has 2 heterocycles. The van der Waals surface area contributed by atoms with E-state index >= 15 is 0 Å². The second-order valence-corrected chi connectivity index (χ2v) is 5.52. The van der Waals surface area contributed by atoms with Crippen LogP contribution >= 0.6 is 0 Å². The molecule has 0 unspecified atom stereocenters. The van der Waals surface area contributed by atoms with E-state index in [0.717, 1.165) is 46.0 Å². The summed E-state index contributed by atoms with van der Waals surface area (Å²) in [4.78, 5) is 4.75. The summed E-state index contributed by atoms with van der Waals surface area (Å²) in [5, 5.41) is 12.1. The van der Waals surface area contributed by atoms with Gasteiger partial charge in [-0.25, -0.2) is 4.98 Å². The number of rotatable bonds is 3. The molecule has 23 heavy (non-hydrogen) atoms. The lowest BCUT2D eigenvalue weighted by Gasteiger charge is -2.11. The number of aromatic nitrogens is 4. The van der Waals surface area contributed by atoms with E-state index < -0.39 is 0 Å². The van der Waals surface area contributed by atoms with Crippen molar-refractivity contribution in [1.29, 1.82) is 0 Å². The van der Waals surface area contributed by atoms with Gasteiger partial charge in [0.1, 0.15) is 5.82 Å². The van der Waals surface area contributed by atoms with Crippen LogP contribution in [0.2, 0.25) is 0 Å². The Morgan fingerprint density at radius 3 is 2.61 bits per heavy atom. The maximum atomic E-state index is 4.75. The Balaban J connectivity index is 1.98. The maximum absolute atomic E-state index is 4.75. The highest BCUT2D eigenvalue weighted by Gasteiger charge is 2.14. The van der Waals surface area contributed by atoms with Gasteiger partial charge in [-0.1, -0.05) is 37.3 Å². The number of hydrogen-bond acceptors (Lipinski definition) is 4. The van der Waals surface area contributed by atoms with E-state index in [-0.39, 0.29) is 0 Å². The third kappa shape index (κ3) is 2.21. The fourth-order valence-electron chi connectivity index (χ4n) is 2.79. The summed E-state index contributed by atoms with van der Waals surface area (Å²) in [5.41, 5.74) is 4.89. The highest BCUT2D eigenvalue weighted by atomic mass is 15.3. The molecule has 0 aliphatic heterocycles. The van der Waals surface area contributed by atoms with Crippen molar-refractivity contribution in [2.24, 2.45) is 0 Å². The minimum absolute atomic E-state index is 0.727. The molecule has 5 nitrogen and oxygen atoms in total. The molecule has 0 aliphatic rings. The molecule has 0 saturated carbocycles. The summed E-state index contributed by atoms with van der Waals surface area (Å²) < 4.78 is 2.09. The first-order valence-corrected chi connectivity index (χ1v) is 7.73. The van der Waals surface area contributed by atoms with Crippen LogP contribution in [0.25, 0.3) is 16.7 Å². The van der Waals surface area contributed by atoms with E-state index in [1.54, 1.807) is 0 Å². The SMILES string of the molecule is CCc1nnc2c(Nc3ccccc3C)nc3ccccc3n12. The van der Waals surface area contributed by atoms with Crippen LogP contribution in [-0.4, -0.2) is 19.6 Å². The van der Waals surface area contributed by atoms with Crippen LogP contribution in [0.3, 0.4) is 0 Å². The van der Waals surface area contributed by atoms with Crippen LogP contribution in [0.15, 0.2) is 48.5 Å². The smallest absolute Gasteiger partial charge is 0.204 e. The van der Waals surface area contributed by atoms with Crippen molar-refractivity contribution < 1.29 is 0 Å². The number of benzene rings is 2. The molecule has 0 atom stereocenters. The molecular formula is C18H17N5. The Bertz CT molecular complexity index is 1000. The van der Waals surface area contributed by atoms with Crippen molar-refractivity contribution in [1.82, 2.24) is 19.6 Å². The predicted octanol–water partition coefficient (Wildman–Crippen LogP) is 3.89. The first-order chi connectivity index (χ1) is 11.3. The van der Waals surface area contributed by atoms with Gasteiger partial charge in [-0.3, -0.25) is 4.40 Å². The lowest BCUT2D eigenvalue weighted by Crippen LogP contribution is -2.02. The van der Waals surface area contributed by atoms with Gasteiger partial charge in [0.2, 0.25) is 5.65 Å². The molecule has 2 aromatic carbocycles. The highest BCUT2D eigenvalue weighted by molar-refractivity contribution is 5.84.